The number of anilines is 2. The van der Waals surface area contributed by atoms with Gasteiger partial charge in [0.25, 0.3) is 10.0 Å². The average Bonchev–Trinajstić information content (AvgIpc) is 2.90. The maximum Gasteiger partial charge on any atom is 0.263 e. The van der Waals surface area contributed by atoms with Crippen molar-refractivity contribution in [2.75, 3.05) is 16.2 Å². The van der Waals surface area contributed by atoms with Crippen molar-refractivity contribution < 1.29 is 17.9 Å². The van der Waals surface area contributed by atoms with E-state index in [2.05, 4.69) is 20.7 Å². The fraction of sp³-hybridized carbons (Fsp3) is 0.316. The van der Waals surface area contributed by atoms with Crippen LogP contribution in [0.15, 0.2) is 45.8 Å². The van der Waals surface area contributed by atoms with E-state index < -0.39 is 10.0 Å². The van der Waals surface area contributed by atoms with Crippen molar-refractivity contribution >= 4 is 43.2 Å². The highest BCUT2D eigenvalue weighted by Crippen LogP contribution is 2.39. The number of rotatable bonds is 5. The van der Waals surface area contributed by atoms with Crippen LogP contribution in [-0.2, 0) is 21.2 Å². The van der Waals surface area contributed by atoms with Gasteiger partial charge in [0.05, 0.1) is 12.3 Å². The van der Waals surface area contributed by atoms with Gasteiger partial charge in [-0.25, -0.2) is 8.42 Å². The molecule has 1 atom stereocenters. The SMILES string of the molecule is CCOc1ccccc1NS(=O)(=O)c1cc2c(cc1Br)C[C@H](C)N2C(C)=O. The minimum Gasteiger partial charge on any atom is -0.492 e. The summed E-state index contributed by atoms with van der Waals surface area (Å²) >= 11 is 3.37. The second-order valence-electron chi connectivity index (χ2n) is 6.39. The Morgan fingerprint density at radius 3 is 2.70 bits per heavy atom. The lowest BCUT2D eigenvalue weighted by Gasteiger charge is -2.21. The molecule has 0 aliphatic carbocycles. The number of ether oxygens (including phenoxy) is 1. The molecule has 144 valence electrons. The summed E-state index contributed by atoms with van der Waals surface area (Å²) in [5.74, 6) is 0.349. The molecule has 0 spiro atoms. The molecule has 1 aliphatic rings. The third-order valence-electron chi connectivity index (χ3n) is 4.41. The molecule has 2 aromatic carbocycles. The van der Waals surface area contributed by atoms with E-state index in [1.165, 1.54) is 6.92 Å². The summed E-state index contributed by atoms with van der Waals surface area (Å²) in [6.07, 6.45) is 0.689. The molecule has 1 aliphatic heterocycles. The lowest BCUT2D eigenvalue weighted by molar-refractivity contribution is -0.116. The van der Waals surface area contributed by atoms with Gasteiger partial charge in [0.2, 0.25) is 5.91 Å². The van der Waals surface area contributed by atoms with Gasteiger partial charge in [0.15, 0.2) is 0 Å². The first-order valence-corrected chi connectivity index (χ1v) is 10.9. The number of fused-ring (bicyclic) bond motifs is 1. The largest absolute Gasteiger partial charge is 0.492 e. The first-order valence-electron chi connectivity index (χ1n) is 8.61. The number of carbonyl (C=O) groups is 1. The van der Waals surface area contributed by atoms with Crippen molar-refractivity contribution in [2.24, 2.45) is 0 Å². The van der Waals surface area contributed by atoms with Crippen LogP contribution in [0.2, 0.25) is 0 Å². The molecule has 0 radical (unpaired) electrons. The summed E-state index contributed by atoms with van der Waals surface area (Å²) in [6.45, 7) is 5.69. The number of nitrogens with one attached hydrogen (secondary N) is 1. The Morgan fingerprint density at radius 2 is 2.04 bits per heavy atom. The predicted octanol–water partition coefficient (Wildman–Crippen LogP) is 3.95. The molecule has 3 rings (SSSR count). The molecule has 0 bridgehead atoms. The van der Waals surface area contributed by atoms with E-state index in [9.17, 15) is 13.2 Å². The van der Waals surface area contributed by atoms with Gasteiger partial charge in [0, 0.05) is 23.1 Å². The minimum absolute atomic E-state index is 0.00556. The van der Waals surface area contributed by atoms with Crippen molar-refractivity contribution in [3.8, 4) is 5.75 Å². The van der Waals surface area contributed by atoms with Crippen LogP contribution in [-0.4, -0.2) is 27.0 Å². The maximum atomic E-state index is 13.0. The standard InChI is InChI=1S/C19H21BrN2O4S/c1-4-26-18-8-6-5-7-16(18)21-27(24,25)19-11-17-14(10-15(19)20)9-12(2)22(17)13(3)23/h5-8,10-12,21H,4,9H2,1-3H3/t12-/m0/s1. The molecular weight excluding hydrogens is 432 g/mol. The number of carbonyl (C=O) groups excluding carboxylic acids is 1. The predicted molar refractivity (Wildman–Crippen MR) is 109 cm³/mol. The van der Waals surface area contributed by atoms with Gasteiger partial charge < -0.3 is 9.64 Å². The highest BCUT2D eigenvalue weighted by atomic mass is 79.9. The lowest BCUT2D eigenvalue weighted by atomic mass is 10.1. The van der Waals surface area contributed by atoms with Crippen LogP contribution in [0.1, 0.15) is 26.3 Å². The average molecular weight is 453 g/mol. The second kappa shape index (κ2) is 7.52. The van der Waals surface area contributed by atoms with E-state index in [-0.39, 0.29) is 16.8 Å². The van der Waals surface area contributed by atoms with Crippen LogP contribution in [0.25, 0.3) is 0 Å². The van der Waals surface area contributed by atoms with Crippen LogP contribution >= 0.6 is 15.9 Å². The van der Waals surface area contributed by atoms with E-state index in [0.29, 0.717) is 34.6 Å². The summed E-state index contributed by atoms with van der Waals surface area (Å²) in [7, 11) is -3.89. The Balaban J connectivity index is 2.03. The third-order valence-corrected chi connectivity index (χ3v) is 6.73. The summed E-state index contributed by atoms with van der Waals surface area (Å²) in [6, 6.07) is 10.2. The lowest BCUT2D eigenvalue weighted by Crippen LogP contribution is -2.33. The van der Waals surface area contributed by atoms with Gasteiger partial charge in [-0.05, 0) is 66.0 Å². The van der Waals surface area contributed by atoms with E-state index in [1.807, 2.05) is 13.8 Å². The van der Waals surface area contributed by atoms with Crippen LogP contribution in [0.4, 0.5) is 11.4 Å². The summed E-state index contributed by atoms with van der Waals surface area (Å²) in [4.78, 5) is 13.7. The Kier molecular flexibility index (Phi) is 5.48. The summed E-state index contributed by atoms with van der Waals surface area (Å²) in [5, 5.41) is 0. The molecular formula is C19H21BrN2O4S. The molecule has 1 amide bonds. The van der Waals surface area contributed by atoms with E-state index in [0.717, 1.165) is 5.56 Å². The molecule has 27 heavy (non-hydrogen) atoms. The van der Waals surface area contributed by atoms with Crippen LogP contribution in [0.3, 0.4) is 0 Å². The zero-order chi connectivity index (χ0) is 19.8. The smallest absolute Gasteiger partial charge is 0.263 e. The molecule has 1 N–H and O–H groups in total. The van der Waals surface area contributed by atoms with Crippen molar-refractivity contribution in [3.63, 3.8) is 0 Å². The molecule has 2 aromatic rings. The molecule has 0 saturated heterocycles. The first-order chi connectivity index (χ1) is 12.7. The molecule has 1 heterocycles. The van der Waals surface area contributed by atoms with Gasteiger partial charge in [-0.1, -0.05) is 12.1 Å². The zero-order valence-electron chi connectivity index (χ0n) is 15.3. The quantitative estimate of drug-likeness (QED) is 0.744. The van der Waals surface area contributed by atoms with Crippen LogP contribution in [0, 0.1) is 0 Å². The summed E-state index contributed by atoms with van der Waals surface area (Å²) < 4.78 is 34.6. The number of sulfonamides is 1. The highest BCUT2D eigenvalue weighted by molar-refractivity contribution is 9.10. The van der Waals surface area contributed by atoms with Crippen LogP contribution in [0.5, 0.6) is 5.75 Å². The molecule has 0 fully saturated rings. The van der Waals surface area contributed by atoms with Crippen molar-refractivity contribution in [3.05, 3.63) is 46.4 Å². The molecule has 0 unspecified atom stereocenters. The normalized spacial score (nSPS) is 16.1. The fourth-order valence-electron chi connectivity index (χ4n) is 3.34. The number of amides is 1. The van der Waals surface area contributed by atoms with Crippen LogP contribution < -0.4 is 14.4 Å². The number of nitrogens with zero attached hydrogens (tertiary/aromatic N) is 1. The minimum atomic E-state index is -3.89. The Hall–Kier alpha value is -2.06. The summed E-state index contributed by atoms with van der Waals surface area (Å²) in [5.41, 5.74) is 1.94. The first kappa shape index (κ1) is 19.7. The number of halogens is 1. The molecule has 0 aromatic heterocycles. The maximum absolute atomic E-state index is 13.0. The number of benzene rings is 2. The molecule has 0 saturated carbocycles. The number of hydrogen-bond acceptors (Lipinski definition) is 4. The topological polar surface area (TPSA) is 75.7 Å². The van der Waals surface area contributed by atoms with Gasteiger partial charge in [-0.2, -0.15) is 0 Å². The van der Waals surface area contributed by atoms with E-state index >= 15 is 0 Å². The van der Waals surface area contributed by atoms with E-state index in [1.54, 1.807) is 41.3 Å². The molecule has 8 heteroatoms. The second-order valence-corrected chi connectivity index (χ2v) is 8.89. The van der Waals surface area contributed by atoms with Gasteiger partial charge in [0.1, 0.15) is 10.6 Å². The Morgan fingerprint density at radius 1 is 1.33 bits per heavy atom. The number of hydrogen-bond donors (Lipinski definition) is 1. The van der Waals surface area contributed by atoms with Gasteiger partial charge in [-0.3, -0.25) is 9.52 Å². The van der Waals surface area contributed by atoms with Crippen molar-refractivity contribution in [1.29, 1.82) is 0 Å². The Labute approximate surface area is 167 Å². The Bertz CT molecular complexity index is 991. The van der Waals surface area contributed by atoms with Crippen molar-refractivity contribution in [2.45, 2.75) is 38.1 Å². The fourth-order valence-corrected chi connectivity index (χ4v) is 5.52. The van der Waals surface area contributed by atoms with Gasteiger partial charge in [-0.15, -0.1) is 0 Å². The highest BCUT2D eigenvalue weighted by Gasteiger charge is 2.32. The number of para-hydroxylation sites is 2. The monoisotopic (exact) mass is 452 g/mol. The van der Waals surface area contributed by atoms with Crippen molar-refractivity contribution in [1.82, 2.24) is 0 Å². The molecule has 6 nitrogen and oxygen atoms in total. The zero-order valence-corrected chi connectivity index (χ0v) is 17.7. The third kappa shape index (κ3) is 3.82. The van der Waals surface area contributed by atoms with Gasteiger partial charge >= 0.3 is 0 Å². The van der Waals surface area contributed by atoms with E-state index in [4.69, 9.17) is 4.74 Å².